The fourth-order valence-electron chi connectivity index (χ4n) is 3.39. The molecule has 1 N–H and O–H groups in total. The van der Waals surface area contributed by atoms with Gasteiger partial charge in [-0.1, -0.05) is 0 Å². The predicted molar refractivity (Wildman–Crippen MR) is 86.7 cm³/mol. The third-order valence-electron chi connectivity index (χ3n) is 4.62. The van der Waals surface area contributed by atoms with Crippen molar-refractivity contribution in [2.75, 3.05) is 27.2 Å². The SMILES string of the molecule is COc1cc(C(=O)NC[C@@H]2CCCN(C)[C@H]2c2ccnn2C)on1. The Morgan fingerprint density at radius 3 is 3.00 bits per heavy atom. The molecule has 2 aromatic heterocycles. The number of carbonyl (C=O) groups excluding carboxylic acids is 1. The molecule has 0 unspecified atom stereocenters. The van der Waals surface area contributed by atoms with E-state index in [0.29, 0.717) is 18.3 Å². The number of ether oxygens (including phenoxy) is 1. The van der Waals surface area contributed by atoms with Gasteiger partial charge in [-0.05, 0) is 43.6 Å². The van der Waals surface area contributed by atoms with Crippen LogP contribution in [0, 0.1) is 5.92 Å². The maximum atomic E-state index is 12.2. The number of carbonyl (C=O) groups is 1. The highest BCUT2D eigenvalue weighted by Gasteiger charge is 2.32. The molecule has 2 aromatic rings. The lowest BCUT2D eigenvalue weighted by Crippen LogP contribution is -2.42. The Hall–Kier alpha value is -2.35. The zero-order valence-electron chi connectivity index (χ0n) is 14.2. The molecular weight excluding hydrogens is 310 g/mol. The number of hydrogen-bond acceptors (Lipinski definition) is 6. The zero-order chi connectivity index (χ0) is 17.1. The van der Waals surface area contributed by atoms with Crippen LogP contribution in [-0.2, 0) is 7.05 Å². The van der Waals surface area contributed by atoms with E-state index >= 15 is 0 Å². The average molecular weight is 333 g/mol. The van der Waals surface area contributed by atoms with Gasteiger partial charge in [-0.25, -0.2) is 0 Å². The monoisotopic (exact) mass is 333 g/mol. The molecule has 0 spiro atoms. The number of amides is 1. The van der Waals surface area contributed by atoms with Crippen LogP contribution in [0.15, 0.2) is 22.9 Å². The van der Waals surface area contributed by atoms with Crippen molar-refractivity contribution in [2.45, 2.75) is 18.9 Å². The number of aromatic nitrogens is 3. The summed E-state index contributed by atoms with van der Waals surface area (Å²) in [4.78, 5) is 14.6. The van der Waals surface area contributed by atoms with Crippen molar-refractivity contribution in [1.82, 2.24) is 25.2 Å². The number of likely N-dealkylation sites (tertiary alicyclic amines) is 1. The summed E-state index contributed by atoms with van der Waals surface area (Å²) in [7, 11) is 5.55. The van der Waals surface area contributed by atoms with E-state index in [0.717, 1.165) is 25.1 Å². The second kappa shape index (κ2) is 7.04. The maximum Gasteiger partial charge on any atom is 0.290 e. The van der Waals surface area contributed by atoms with Gasteiger partial charge in [-0.15, -0.1) is 0 Å². The highest BCUT2D eigenvalue weighted by atomic mass is 16.5. The van der Waals surface area contributed by atoms with Gasteiger partial charge in [0.25, 0.3) is 11.8 Å². The number of rotatable bonds is 5. The van der Waals surface area contributed by atoms with Crippen LogP contribution >= 0.6 is 0 Å². The summed E-state index contributed by atoms with van der Waals surface area (Å²) < 4.78 is 11.8. The molecule has 1 aliphatic rings. The molecule has 2 atom stereocenters. The number of aryl methyl sites for hydroxylation is 1. The normalized spacial score (nSPS) is 21.6. The van der Waals surface area contributed by atoms with Gasteiger partial charge in [0.1, 0.15) is 0 Å². The highest BCUT2D eigenvalue weighted by Crippen LogP contribution is 2.34. The molecular formula is C16H23N5O3. The summed E-state index contributed by atoms with van der Waals surface area (Å²) in [6.45, 7) is 1.61. The lowest BCUT2D eigenvalue weighted by Gasteiger charge is -2.39. The second-order valence-corrected chi connectivity index (χ2v) is 6.15. The number of hydrogen-bond donors (Lipinski definition) is 1. The van der Waals surface area contributed by atoms with Crippen molar-refractivity contribution in [1.29, 1.82) is 0 Å². The molecule has 0 aromatic carbocycles. The van der Waals surface area contributed by atoms with Crippen molar-refractivity contribution in [3.8, 4) is 5.88 Å². The van der Waals surface area contributed by atoms with Gasteiger partial charge in [0, 0.05) is 19.8 Å². The van der Waals surface area contributed by atoms with Crippen molar-refractivity contribution < 1.29 is 14.1 Å². The van der Waals surface area contributed by atoms with E-state index in [4.69, 9.17) is 9.26 Å². The van der Waals surface area contributed by atoms with Crippen LogP contribution in [0.2, 0.25) is 0 Å². The first-order valence-corrected chi connectivity index (χ1v) is 8.07. The summed E-state index contributed by atoms with van der Waals surface area (Å²) in [5.41, 5.74) is 1.16. The molecule has 3 rings (SSSR count). The fraction of sp³-hybridized carbons (Fsp3) is 0.562. The van der Waals surface area contributed by atoms with Gasteiger partial charge >= 0.3 is 0 Å². The smallest absolute Gasteiger partial charge is 0.290 e. The van der Waals surface area contributed by atoms with E-state index in [1.165, 1.54) is 13.2 Å². The molecule has 0 saturated carbocycles. The van der Waals surface area contributed by atoms with Crippen LogP contribution in [0.3, 0.4) is 0 Å². The quantitative estimate of drug-likeness (QED) is 0.886. The molecule has 1 fully saturated rings. The van der Waals surface area contributed by atoms with Gasteiger partial charge in [0.05, 0.1) is 24.9 Å². The maximum absolute atomic E-state index is 12.2. The predicted octanol–water partition coefficient (Wildman–Crippen LogP) is 1.23. The summed E-state index contributed by atoms with van der Waals surface area (Å²) in [5.74, 6) is 0.495. The Morgan fingerprint density at radius 1 is 1.50 bits per heavy atom. The minimum Gasteiger partial charge on any atom is -0.479 e. The lowest BCUT2D eigenvalue weighted by molar-refractivity contribution is 0.0848. The van der Waals surface area contributed by atoms with Crippen LogP contribution in [0.4, 0.5) is 0 Å². The van der Waals surface area contributed by atoms with Crippen molar-refractivity contribution in [2.24, 2.45) is 13.0 Å². The second-order valence-electron chi connectivity index (χ2n) is 6.15. The number of nitrogens with one attached hydrogen (secondary N) is 1. The fourth-order valence-corrected chi connectivity index (χ4v) is 3.39. The Bertz CT molecular complexity index is 695. The van der Waals surface area contributed by atoms with Crippen molar-refractivity contribution >= 4 is 5.91 Å². The third-order valence-corrected chi connectivity index (χ3v) is 4.62. The average Bonchev–Trinajstić information content (AvgIpc) is 3.21. The van der Waals surface area contributed by atoms with Gasteiger partial charge in [0.2, 0.25) is 5.76 Å². The summed E-state index contributed by atoms with van der Waals surface area (Å²) >= 11 is 0. The first kappa shape index (κ1) is 16.5. The summed E-state index contributed by atoms with van der Waals surface area (Å²) in [6, 6.07) is 3.76. The molecule has 24 heavy (non-hydrogen) atoms. The van der Waals surface area contributed by atoms with Crippen molar-refractivity contribution in [3.05, 3.63) is 29.8 Å². The Balaban J connectivity index is 1.68. The van der Waals surface area contributed by atoms with Crippen LogP contribution in [-0.4, -0.2) is 53.0 Å². The number of nitrogens with zero attached hydrogens (tertiary/aromatic N) is 4. The molecule has 0 aliphatic carbocycles. The van der Waals surface area contributed by atoms with Crippen LogP contribution in [0.1, 0.15) is 35.1 Å². The van der Waals surface area contributed by atoms with Crippen molar-refractivity contribution in [3.63, 3.8) is 0 Å². The highest BCUT2D eigenvalue weighted by molar-refractivity contribution is 5.91. The van der Waals surface area contributed by atoms with Gasteiger partial charge in [0.15, 0.2) is 0 Å². The molecule has 3 heterocycles. The van der Waals surface area contributed by atoms with Crippen LogP contribution in [0.25, 0.3) is 0 Å². The zero-order valence-corrected chi connectivity index (χ0v) is 14.2. The molecule has 130 valence electrons. The number of piperidine rings is 1. The lowest BCUT2D eigenvalue weighted by atomic mass is 9.87. The Labute approximate surface area is 140 Å². The largest absolute Gasteiger partial charge is 0.479 e. The van der Waals surface area contributed by atoms with E-state index in [9.17, 15) is 4.79 Å². The standard InChI is InChI=1S/C16H23N5O3/c1-20-8-4-5-11(15(20)12-6-7-18-21(12)2)10-17-16(22)13-9-14(23-3)19-24-13/h6-7,9,11,15H,4-5,8,10H2,1-3H3,(H,17,22)/t11-,15+/m0/s1. The minimum atomic E-state index is -0.275. The summed E-state index contributed by atoms with van der Waals surface area (Å²) in [6.07, 6.45) is 3.98. The van der Waals surface area contributed by atoms with E-state index < -0.39 is 0 Å². The first-order chi connectivity index (χ1) is 11.6. The molecule has 1 saturated heterocycles. The van der Waals surface area contributed by atoms with Gasteiger partial charge < -0.3 is 14.6 Å². The van der Waals surface area contributed by atoms with E-state index in [-0.39, 0.29) is 17.7 Å². The molecule has 0 bridgehead atoms. The van der Waals surface area contributed by atoms with Gasteiger partial charge in [-0.2, -0.15) is 5.10 Å². The van der Waals surface area contributed by atoms with Crippen LogP contribution in [0.5, 0.6) is 5.88 Å². The van der Waals surface area contributed by atoms with Crippen LogP contribution < -0.4 is 10.1 Å². The van der Waals surface area contributed by atoms with Gasteiger partial charge in [-0.3, -0.25) is 14.4 Å². The molecule has 8 nitrogen and oxygen atoms in total. The molecule has 1 aliphatic heterocycles. The topological polar surface area (TPSA) is 85.4 Å². The first-order valence-electron chi connectivity index (χ1n) is 8.07. The van der Waals surface area contributed by atoms with E-state index in [2.05, 4.69) is 27.5 Å². The number of methoxy groups -OCH3 is 1. The third kappa shape index (κ3) is 3.28. The molecule has 1 amide bonds. The summed E-state index contributed by atoms with van der Waals surface area (Å²) in [5, 5.41) is 10.9. The van der Waals surface area contributed by atoms with E-state index in [1.807, 2.05) is 24.0 Å². The Kier molecular flexibility index (Phi) is 4.84. The Morgan fingerprint density at radius 2 is 2.33 bits per heavy atom. The van der Waals surface area contributed by atoms with E-state index in [1.54, 1.807) is 0 Å². The minimum absolute atomic E-state index is 0.160. The molecule has 0 radical (unpaired) electrons. The molecule has 8 heteroatoms.